The lowest BCUT2D eigenvalue weighted by Gasteiger charge is -2.32. The highest BCUT2D eigenvalue weighted by Crippen LogP contribution is 2.36. The number of anilines is 1. The first-order chi connectivity index (χ1) is 20.2. The van der Waals surface area contributed by atoms with Crippen molar-refractivity contribution in [3.05, 3.63) is 90.9 Å². The molecule has 0 aliphatic heterocycles. The van der Waals surface area contributed by atoms with Crippen molar-refractivity contribution in [3.8, 4) is 5.75 Å². The fourth-order valence-electron chi connectivity index (χ4n) is 4.18. The number of rotatable bonds is 12. The maximum absolute atomic E-state index is 14.1. The molecule has 11 nitrogen and oxygen atoms in total. The van der Waals surface area contributed by atoms with Crippen molar-refractivity contribution in [3.63, 3.8) is 0 Å². The molecular weight excluding hydrogens is 643 g/mol. The molecule has 0 spiro atoms. The summed E-state index contributed by atoms with van der Waals surface area (Å²) >= 11 is 18.4. The zero-order valence-corrected chi connectivity index (χ0v) is 26.7. The van der Waals surface area contributed by atoms with E-state index in [4.69, 9.17) is 39.5 Å². The van der Waals surface area contributed by atoms with Gasteiger partial charge in [0.2, 0.25) is 11.8 Å². The minimum Gasteiger partial charge on any atom is -0.495 e. The number of carbonyl (C=O) groups excluding carboxylic acids is 2. The van der Waals surface area contributed by atoms with Crippen LogP contribution in [-0.4, -0.2) is 56.3 Å². The Bertz CT molecular complexity index is 1650. The summed E-state index contributed by atoms with van der Waals surface area (Å²) in [4.78, 5) is 38.6. The third kappa shape index (κ3) is 7.88. The van der Waals surface area contributed by atoms with Gasteiger partial charge in [0, 0.05) is 29.7 Å². The van der Waals surface area contributed by atoms with Gasteiger partial charge in [-0.3, -0.25) is 24.0 Å². The van der Waals surface area contributed by atoms with Gasteiger partial charge in [0.15, 0.2) is 0 Å². The van der Waals surface area contributed by atoms with Gasteiger partial charge in [-0.05, 0) is 62.7 Å². The maximum Gasteiger partial charge on any atom is 0.273 e. The van der Waals surface area contributed by atoms with E-state index in [0.717, 1.165) is 10.4 Å². The van der Waals surface area contributed by atoms with E-state index in [2.05, 4.69) is 5.32 Å². The summed E-state index contributed by atoms with van der Waals surface area (Å²) in [6, 6.07) is 11.3. The van der Waals surface area contributed by atoms with Crippen molar-refractivity contribution in [2.24, 2.45) is 0 Å². The normalized spacial score (nSPS) is 11.9. The van der Waals surface area contributed by atoms with Crippen LogP contribution in [0.5, 0.6) is 5.75 Å². The van der Waals surface area contributed by atoms with Crippen molar-refractivity contribution < 1.29 is 27.7 Å². The third-order valence-electron chi connectivity index (χ3n) is 6.51. The molecular formula is C28H29Cl3N4O7S. The average molecular weight is 672 g/mol. The number of hydrogen-bond donors (Lipinski definition) is 1. The predicted molar refractivity (Wildman–Crippen MR) is 166 cm³/mol. The standard InChI is InChI=1S/C28H29Cl3N4O7S/c1-5-32-28(37)18(3)33(15-19-7-10-22(30)23(31)12-19)27(36)16-34(25-13-20(29)8-11-26(25)42-4)43(40,41)21-9-6-17(2)24(14-21)35(38)39/h6-14,18H,5,15-16H2,1-4H3,(H,32,37)/t18-/m0/s1. The smallest absolute Gasteiger partial charge is 0.273 e. The van der Waals surface area contributed by atoms with Crippen LogP contribution >= 0.6 is 34.8 Å². The molecule has 3 aromatic rings. The molecule has 43 heavy (non-hydrogen) atoms. The van der Waals surface area contributed by atoms with Gasteiger partial charge < -0.3 is 15.0 Å². The number of amides is 2. The van der Waals surface area contributed by atoms with Gasteiger partial charge in [0.05, 0.1) is 32.7 Å². The number of carbonyl (C=O) groups is 2. The number of nitro benzene ring substituents is 1. The minimum absolute atomic E-state index is 0.0650. The van der Waals surface area contributed by atoms with Gasteiger partial charge in [-0.15, -0.1) is 0 Å². The molecule has 0 saturated carbocycles. The van der Waals surface area contributed by atoms with Crippen LogP contribution in [0.25, 0.3) is 0 Å². The molecule has 0 bridgehead atoms. The van der Waals surface area contributed by atoms with Crippen LogP contribution < -0.4 is 14.4 Å². The number of ether oxygens (including phenoxy) is 1. The van der Waals surface area contributed by atoms with Crippen LogP contribution in [0.4, 0.5) is 11.4 Å². The van der Waals surface area contributed by atoms with Crippen LogP contribution in [-0.2, 0) is 26.2 Å². The molecule has 0 radical (unpaired) electrons. The number of hydrogen-bond acceptors (Lipinski definition) is 7. The first kappa shape index (κ1) is 33.9. The summed E-state index contributed by atoms with van der Waals surface area (Å²) in [5, 5.41) is 14.9. The van der Waals surface area contributed by atoms with Crippen LogP contribution in [0.3, 0.4) is 0 Å². The maximum atomic E-state index is 14.1. The summed E-state index contributed by atoms with van der Waals surface area (Å²) in [6.07, 6.45) is 0. The van der Waals surface area contributed by atoms with E-state index in [1.165, 1.54) is 68.3 Å². The second kappa shape index (κ2) is 14.3. The van der Waals surface area contributed by atoms with E-state index >= 15 is 0 Å². The highest BCUT2D eigenvalue weighted by Gasteiger charge is 2.35. The van der Waals surface area contributed by atoms with Gasteiger partial charge in [-0.25, -0.2) is 8.42 Å². The van der Waals surface area contributed by atoms with E-state index in [1.54, 1.807) is 13.0 Å². The second-order valence-corrected chi connectivity index (χ2v) is 12.5. The van der Waals surface area contributed by atoms with E-state index in [1.807, 2.05) is 0 Å². The number of sulfonamides is 1. The van der Waals surface area contributed by atoms with E-state index < -0.39 is 49.9 Å². The molecule has 15 heteroatoms. The number of nitrogens with zero attached hydrogens (tertiary/aromatic N) is 3. The molecule has 0 aliphatic carbocycles. The Hall–Kier alpha value is -3.58. The Labute approximate surface area is 264 Å². The zero-order valence-electron chi connectivity index (χ0n) is 23.6. The number of halogens is 3. The molecule has 230 valence electrons. The van der Waals surface area contributed by atoms with E-state index in [0.29, 0.717) is 12.1 Å². The number of benzene rings is 3. The quantitative estimate of drug-likeness (QED) is 0.195. The van der Waals surface area contributed by atoms with Gasteiger partial charge in [0.25, 0.3) is 15.7 Å². The Morgan fingerprint density at radius 2 is 1.74 bits per heavy atom. The largest absolute Gasteiger partial charge is 0.495 e. The average Bonchev–Trinajstić information content (AvgIpc) is 2.95. The summed E-state index contributed by atoms with van der Waals surface area (Å²) < 4.78 is 34.4. The number of aryl methyl sites for hydroxylation is 1. The third-order valence-corrected chi connectivity index (χ3v) is 9.24. The Morgan fingerprint density at radius 1 is 1.05 bits per heavy atom. The molecule has 0 aromatic heterocycles. The highest BCUT2D eigenvalue weighted by molar-refractivity contribution is 7.92. The Morgan fingerprint density at radius 3 is 2.35 bits per heavy atom. The molecule has 0 heterocycles. The molecule has 1 atom stereocenters. The molecule has 0 saturated heterocycles. The Kier molecular flexibility index (Phi) is 11.2. The number of nitrogens with one attached hydrogen (secondary N) is 1. The topological polar surface area (TPSA) is 139 Å². The van der Waals surface area contributed by atoms with Crippen molar-refractivity contribution in [1.29, 1.82) is 0 Å². The van der Waals surface area contributed by atoms with Gasteiger partial charge in [0.1, 0.15) is 18.3 Å². The first-order valence-corrected chi connectivity index (χ1v) is 15.4. The monoisotopic (exact) mass is 670 g/mol. The SMILES string of the molecule is CCNC(=O)[C@H](C)N(Cc1ccc(Cl)c(Cl)c1)C(=O)CN(c1cc(Cl)ccc1OC)S(=O)(=O)c1ccc(C)c([N+](=O)[O-])c1. The summed E-state index contributed by atoms with van der Waals surface area (Å²) in [5.41, 5.74) is 0.265. The van der Waals surface area contributed by atoms with Gasteiger partial charge in [-0.2, -0.15) is 0 Å². The minimum atomic E-state index is -4.64. The molecule has 0 aliphatic rings. The van der Waals surface area contributed by atoms with E-state index in [9.17, 15) is 28.1 Å². The van der Waals surface area contributed by atoms with Crippen molar-refractivity contribution in [1.82, 2.24) is 10.2 Å². The number of methoxy groups -OCH3 is 1. The van der Waals surface area contributed by atoms with Crippen molar-refractivity contribution in [2.75, 3.05) is 24.5 Å². The zero-order chi connectivity index (χ0) is 32.1. The van der Waals surface area contributed by atoms with Crippen LogP contribution in [0.15, 0.2) is 59.5 Å². The molecule has 2 amide bonds. The molecule has 0 unspecified atom stereocenters. The lowest BCUT2D eigenvalue weighted by atomic mass is 10.1. The van der Waals surface area contributed by atoms with Gasteiger partial charge in [-0.1, -0.05) is 46.9 Å². The van der Waals surface area contributed by atoms with Crippen LogP contribution in [0.2, 0.25) is 15.1 Å². The molecule has 3 rings (SSSR count). The second-order valence-electron chi connectivity index (χ2n) is 9.37. The molecule has 3 aromatic carbocycles. The molecule has 0 fully saturated rings. The fourth-order valence-corrected chi connectivity index (χ4v) is 6.11. The summed E-state index contributed by atoms with van der Waals surface area (Å²) in [7, 11) is -3.33. The highest BCUT2D eigenvalue weighted by atomic mass is 35.5. The Balaban J connectivity index is 2.17. The van der Waals surface area contributed by atoms with E-state index in [-0.39, 0.29) is 38.6 Å². The fraction of sp³-hybridized carbons (Fsp3) is 0.286. The summed E-state index contributed by atoms with van der Waals surface area (Å²) in [6.45, 7) is 4.05. The van der Waals surface area contributed by atoms with Gasteiger partial charge >= 0.3 is 0 Å². The van der Waals surface area contributed by atoms with Crippen LogP contribution in [0, 0.1) is 17.0 Å². The summed E-state index contributed by atoms with van der Waals surface area (Å²) in [5.74, 6) is -1.17. The lowest BCUT2D eigenvalue weighted by Crippen LogP contribution is -2.51. The number of nitro groups is 1. The predicted octanol–water partition coefficient (Wildman–Crippen LogP) is 5.62. The number of likely N-dealkylation sites (N-methyl/N-ethyl adjacent to an activating group) is 1. The lowest BCUT2D eigenvalue weighted by molar-refractivity contribution is -0.385. The van der Waals surface area contributed by atoms with Crippen LogP contribution in [0.1, 0.15) is 25.0 Å². The first-order valence-electron chi connectivity index (χ1n) is 12.8. The van der Waals surface area contributed by atoms with Crippen molar-refractivity contribution >= 4 is 68.0 Å². The molecule has 1 N–H and O–H groups in total. The van der Waals surface area contributed by atoms with Crippen molar-refractivity contribution in [2.45, 2.75) is 38.3 Å².